The van der Waals surface area contributed by atoms with Crippen molar-refractivity contribution in [3.05, 3.63) is 58.6 Å². The SMILES string of the molecule is COc1ccc(C(=O)N(C)C)cc1NC(=O)c1cc(-c2cccs2)nc2c1c(C)nn2C. The van der Waals surface area contributed by atoms with Crippen molar-refractivity contribution in [3.8, 4) is 16.3 Å². The first-order valence-corrected chi connectivity index (χ1v) is 10.8. The van der Waals surface area contributed by atoms with Crippen LogP contribution in [0.15, 0.2) is 41.8 Å². The number of nitrogens with zero attached hydrogens (tertiary/aromatic N) is 4. The Bertz CT molecular complexity index is 1330. The number of aromatic nitrogens is 3. The van der Waals surface area contributed by atoms with Crippen LogP contribution in [0.3, 0.4) is 0 Å². The molecule has 8 nitrogen and oxygen atoms in total. The summed E-state index contributed by atoms with van der Waals surface area (Å²) in [5.41, 5.74) is 3.35. The van der Waals surface area contributed by atoms with Crippen LogP contribution in [0.1, 0.15) is 26.4 Å². The van der Waals surface area contributed by atoms with Crippen LogP contribution in [-0.2, 0) is 7.05 Å². The van der Waals surface area contributed by atoms with E-state index in [-0.39, 0.29) is 11.8 Å². The lowest BCUT2D eigenvalue weighted by atomic mass is 10.1. The second kappa shape index (κ2) is 8.43. The van der Waals surface area contributed by atoms with Crippen molar-refractivity contribution in [2.45, 2.75) is 6.92 Å². The van der Waals surface area contributed by atoms with Crippen LogP contribution in [0.25, 0.3) is 21.6 Å². The molecule has 0 bridgehead atoms. The molecular formula is C23H23N5O3S. The third kappa shape index (κ3) is 3.82. The van der Waals surface area contributed by atoms with E-state index in [9.17, 15) is 9.59 Å². The highest BCUT2D eigenvalue weighted by Gasteiger charge is 2.21. The number of hydrogen-bond acceptors (Lipinski definition) is 6. The number of nitrogens with one attached hydrogen (secondary N) is 1. The number of methoxy groups -OCH3 is 1. The van der Waals surface area contributed by atoms with Gasteiger partial charge < -0.3 is 15.0 Å². The molecule has 1 aromatic carbocycles. The fourth-order valence-corrected chi connectivity index (χ4v) is 4.25. The van der Waals surface area contributed by atoms with E-state index in [2.05, 4.69) is 10.4 Å². The zero-order valence-corrected chi connectivity index (χ0v) is 19.3. The monoisotopic (exact) mass is 449 g/mol. The van der Waals surface area contributed by atoms with Gasteiger partial charge >= 0.3 is 0 Å². The van der Waals surface area contributed by atoms with Crippen LogP contribution in [0.4, 0.5) is 5.69 Å². The zero-order valence-electron chi connectivity index (χ0n) is 18.5. The standard InChI is InChI=1S/C23H23N5O3S/c1-13-20-15(12-17(19-7-6-10-32-19)24-21(20)28(4)26-13)22(29)25-16-11-14(23(30)27(2)3)8-9-18(16)31-5/h6-12H,1-5H3,(H,25,29). The van der Waals surface area contributed by atoms with Gasteiger partial charge in [0.2, 0.25) is 0 Å². The second-order valence-corrected chi connectivity index (χ2v) is 8.46. The van der Waals surface area contributed by atoms with Crippen molar-refractivity contribution >= 4 is 39.9 Å². The van der Waals surface area contributed by atoms with Crippen molar-refractivity contribution in [2.75, 3.05) is 26.5 Å². The molecule has 3 aromatic heterocycles. The summed E-state index contributed by atoms with van der Waals surface area (Å²) in [4.78, 5) is 33.0. The van der Waals surface area contributed by atoms with Gasteiger partial charge in [0, 0.05) is 26.7 Å². The molecule has 0 unspecified atom stereocenters. The molecule has 4 rings (SSSR count). The van der Waals surface area contributed by atoms with Gasteiger partial charge in [-0.1, -0.05) is 6.07 Å². The summed E-state index contributed by atoms with van der Waals surface area (Å²) in [6.45, 7) is 1.85. The minimum Gasteiger partial charge on any atom is -0.495 e. The lowest BCUT2D eigenvalue weighted by Gasteiger charge is -2.15. The highest BCUT2D eigenvalue weighted by Crippen LogP contribution is 2.31. The van der Waals surface area contributed by atoms with E-state index >= 15 is 0 Å². The third-order valence-electron chi connectivity index (χ3n) is 5.09. The van der Waals surface area contributed by atoms with Crippen LogP contribution < -0.4 is 10.1 Å². The summed E-state index contributed by atoms with van der Waals surface area (Å²) >= 11 is 1.55. The van der Waals surface area contributed by atoms with Crippen molar-refractivity contribution < 1.29 is 14.3 Å². The molecule has 32 heavy (non-hydrogen) atoms. The molecule has 0 atom stereocenters. The Morgan fingerprint density at radius 1 is 1.19 bits per heavy atom. The Balaban J connectivity index is 1.81. The van der Waals surface area contributed by atoms with Gasteiger partial charge in [-0.05, 0) is 42.6 Å². The predicted molar refractivity (Wildman–Crippen MR) is 126 cm³/mol. The molecule has 0 radical (unpaired) electrons. The van der Waals surface area contributed by atoms with E-state index in [1.165, 1.54) is 12.0 Å². The lowest BCUT2D eigenvalue weighted by Crippen LogP contribution is -2.22. The van der Waals surface area contributed by atoms with Gasteiger partial charge in [0.15, 0.2) is 5.65 Å². The highest BCUT2D eigenvalue weighted by atomic mass is 32.1. The van der Waals surface area contributed by atoms with E-state index in [4.69, 9.17) is 9.72 Å². The summed E-state index contributed by atoms with van der Waals surface area (Å²) in [5.74, 6) is -0.0445. The number of anilines is 1. The first-order chi connectivity index (χ1) is 15.3. The normalized spacial score (nSPS) is 10.9. The Morgan fingerprint density at radius 2 is 1.97 bits per heavy atom. The number of hydrogen-bond donors (Lipinski definition) is 1. The van der Waals surface area contributed by atoms with Gasteiger partial charge in [0.1, 0.15) is 5.75 Å². The summed E-state index contributed by atoms with van der Waals surface area (Å²) in [6.07, 6.45) is 0. The Kier molecular flexibility index (Phi) is 5.67. The molecule has 0 saturated carbocycles. The molecule has 0 fully saturated rings. The van der Waals surface area contributed by atoms with E-state index in [1.807, 2.05) is 31.5 Å². The van der Waals surface area contributed by atoms with Crippen molar-refractivity contribution in [1.82, 2.24) is 19.7 Å². The molecule has 0 spiro atoms. The first kappa shape index (κ1) is 21.5. The summed E-state index contributed by atoms with van der Waals surface area (Å²) < 4.78 is 7.08. The molecular weight excluding hydrogens is 426 g/mol. The van der Waals surface area contributed by atoms with E-state index in [1.54, 1.807) is 54.4 Å². The number of carbonyl (C=O) groups excluding carboxylic acids is 2. The Hall–Kier alpha value is -3.72. The first-order valence-electron chi connectivity index (χ1n) is 9.89. The van der Waals surface area contributed by atoms with Gasteiger partial charge in [-0.3, -0.25) is 14.3 Å². The molecule has 1 N–H and O–H groups in total. The molecule has 4 aromatic rings. The Morgan fingerprint density at radius 3 is 2.62 bits per heavy atom. The second-order valence-electron chi connectivity index (χ2n) is 7.51. The minimum absolute atomic E-state index is 0.169. The Labute approximate surface area is 189 Å². The number of carbonyl (C=O) groups is 2. The molecule has 0 aliphatic rings. The van der Waals surface area contributed by atoms with E-state index in [0.717, 1.165) is 4.88 Å². The van der Waals surface area contributed by atoms with Crippen molar-refractivity contribution in [2.24, 2.45) is 7.05 Å². The molecule has 2 amide bonds. The fourth-order valence-electron chi connectivity index (χ4n) is 3.56. The number of fused-ring (bicyclic) bond motifs is 1. The van der Waals surface area contributed by atoms with Crippen LogP contribution in [-0.4, -0.2) is 52.7 Å². The smallest absolute Gasteiger partial charge is 0.256 e. The maximum atomic E-state index is 13.5. The number of ether oxygens (including phenoxy) is 1. The topological polar surface area (TPSA) is 89.3 Å². The maximum Gasteiger partial charge on any atom is 0.256 e. The average molecular weight is 450 g/mol. The maximum absolute atomic E-state index is 13.5. The lowest BCUT2D eigenvalue weighted by molar-refractivity contribution is 0.0827. The molecule has 0 saturated heterocycles. The van der Waals surface area contributed by atoms with Gasteiger partial charge in [-0.15, -0.1) is 11.3 Å². The van der Waals surface area contributed by atoms with Gasteiger partial charge in [0.25, 0.3) is 11.8 Å². The average Bonchev–Trinajstić information content (AvgIpc) is 3.41. The quantitative estimate of drug-likeness (QED) is 0.498. The van der Waals surface area contributed by atoms with Crippen LogP contribution in [0.2, 0.25) is 0 Å². The molecule has 9 heteroatoms. The number of amides is 2. The summed E-state index contributed by atoms with van der Waals surface area (Å²) in [6, 6.07) is 10.6. The van der Waals surface area contributed by atoms with Crippen LogP contribution >= 0.6 is 11.3 Å². The number of rotatable bonds is 5. The third-order valence-corrected chi connectivity index (χ3v) is 5.98. The van der Waals surface area contributed by atoms with Gasteiger partial charge in [-0.25, -0.2) is 4.98 Å². The van der Waals surface area contributed by atoms with Crippen LogP contribution in [0, 0.1) is 6.92 Å². The van der Waals surface area contributed by atoms with E-state index < -0.39 is 0 Å². The molecule has 0 aliphatic heterocycles. The number of pyridine rings is 1. The van der Waals surface area contributed by atoms with Crippen molar-refractivity contribution in [1.29, 1.82) is 0 Å². The zero-order chi connectivity index (χ0) is 23.0. The predicted octanol–water partition coefficient (Wildman–Crippen LogP) is 3.97. The highest BCUT2D eigenvalue weighted by molar-refractivity contribution is 7.13. The molecule has 3 heterocycles. The number of thiophene rings is 1. The van der Waals surface area contributed by atoms with E-state index in [0.29, 0.717) is 45.0 Å². The van der Waals surface area contributed by atoms with Crippen LogP contribution in [0.5, 0.6) is 5.75 Å². The minimum atomic E-state index is -0.334. The summed E-state index contributed by atoms with van der Waals surface area (Å²) in [7, 11) is 6.68. The fraction of sp³-hybridized carbons (Fsp3) is 0.217. The van der Waals surface area contributed by atoms with Gasteiger partial charge in [0.05, 0.1) is 40.0 Å². The largest absolute Gasteiger partial charge is 0.495 e. The number of benzene rings is 1. The summed E-state index contributed by atoms with van der Waals surface area (Å²) in [5, 5.41) is 10.0. The van der Waals surface area contributed by atoms with Gasteiger partial charge in [-0.2, -0.15) is 5.10 Å². The molecule has 164 valence electrons. The number of aryl methyl sites for hydroxylation is 2. The molecule has 0 aliphatic carbocycles. The van der Waals surface area contributed by atoms with Crippen molar-refractivity contribution in [3.63, 3.8) is 0 Å².